The summed E-state index contributed by atoms with van der Waals surface area (Å²) in [7, 11) is 1.41. The van der Waals surface area contributed by atoms with Crippen molar-refractivity contribution in [3.05, 3.63) is 11.9 Å². The largest absolute Gasteiger partial charge is 0.387 e. The molecule has 1 unspecified atom stereocenters. The van der Waals surface area contributed by atoms with Crippen molar-refractivity contribution in [1.29, 1.82) is 0 Å². The van der Waals surface area contributed by atoms with Gasteiger partial charge < -0.3 is 10.4 Å². The molecular formula is C9H15N5O3. The van der Waals surface area contributed by atoms with Gasteiger partial charge in [0.1, 0.15) is 12.2 Å². The number of hydrogen-bond donors (Lipinski definition) is 3. The van der Waals surface area contributed by atoms with Gasteiger partial charge in [-0.05, 0) is 6.42 Å². The van der Waals surface area contributed by atoms with E-state index in [1.165, 1.54) is 17.9 Å². The first-order chi connectivity index (χ1) is 8.06. The first-order valence-corrected chi connectivity index (χ1v) is 5.16. The Hall–Kier alpha value is -1.96. The Morgan fingerprint density at radius 1 is 1.59 bits per heavy atom. The lowest BCUT2D eigenvalue weighted by Crippen LogP contribution is -2.39. The molecular weight excluding hydrogens is 226 g/mol. The highest BCUT2D eigenvalue weighted by molar-refractivity contribution is 5.93. The van der Waals surface area contributed by atoms with Gasteiger partial charge >= 0.3 is 6.03 Å². The molecule has 0 fully saturated rings. The molecule has 8 nitrogen and oxygen atoms in total. The number of nitrogens with zero attached hydrogens (tertiary/aromatic N) is 3. The summed E-state index contributed by atoms with van der Waals surface area (Å²) in [4.78, 5) is 22.2. The van der Waals surface area contributed by atoms with E-state index in [0.717, 1.165) is 0 Å². The van der Waals surface area contributed by atoms with E-state index in [0.29, 0.717) is 12.1 Å². The second kappa shape index (κ2) is 5.94. The zero-order valence-electron chi connectivity index (χ0n) is 9.67. The second-order valence-electron chi connectivity index (χ2n) is 3.39. The van der Waals surface area contributed by atoms with Crippen molar-refractivity contribution in [3.8, 4) is 0 Å². The van der Waals surface area contributed by atoms with Crippen LogP contribution in [0.4, 0.5) is 4.79 Å². The van der Waals surface area contributed by atoms with Gasteiger partial charge in [0.2, 0.25) is 5.91 Å². The van der Waals surface area contributed by atoms with E-state index in [9.17, 15) is 14.7 Å². The van der Waals surface area contributed by atoms with Crippen molar-refractivity contribution in [1.82, 2.24) is 25.6 Å². The number of aliphatic hydroxyl groups excluding tert-OH is 1. The average Bonchev–Trinajstić information content (AvgIpc) is 2.76. The van der Waals surface area contributed by atoms with Gasteiger partial charge in [-0.3, -0.25) is 10.1 Å². The molecule has 0 saturated carbocycles. The fourth-order valence-corrected chi connectivity index (χ4v) is 1.13. The molecule has 1 aromatic rings. The molecule has 0 spiro atoms. The van der Waals surface area contributed by atoms with Gasteiger partial charge in [0, 0.05) is 7.05 Å². The Morgan fingerprint density at radius 2 is 2.29 bits per heavy atom. The standard InChI is InChI=1S/C9H15N5O3/c1-3-7(15)6-4-14(13-12-6)5-8(16)11-9(17)10-2/h4,7,15H,3,5H2,1-2H3,(H2,10,11,16,17). The van der Waals surface area contributed by atoms with Crippen molar-refractivity contribution in [3.63, 3.8) is 0 Å². The molecule has 94 valence electrons. The van der Waals surface area contributed by atoms with E-state index in [1.807, 2.05) is 6.92 Å². The highest BCUT2D eigenvalue weighted by Gasteiger charge is 2.12. The zero-order chi connectivity index (χ0) is 12.8. The highest BCUT2D eigenvalue weighted by atomic mass is 16.3. The minimum absolute atomic E-state index is 0.128. The fraction of sp³-hybridized carbons (Fsp3) is 0.556. The lowest BCUT2D eigenvalue weighted by atomic mass is 10.2. The van der Waals surface area contributed by atoms with Gasteiger partial charge in [-0.15, -0.1) is 5.10 Å². The van der Waals surface area contributed by atoms with Crippen LogP contribution in [-0.2, 0) is 11.3 Å². The smallest absolute Gasteiger partial charge is 0.321 e. The van der Waals surface area contributed by atoms with E-state index < -0.39 is 18.0 Å². The number of imide groups is 1. The third-order valence-corrected chi connectivity index (χ3v) is 2.07. The van der Waals surface area contributed by atoms with Crippen LogP contribution in [0.1, 0.15) is 25.1 Å². The van der Waals surface area contributed by atoms with Gasteiger partial charge in [0.25, 0.3) is 0 Å². The minimum atomic E-state index is -0.689. The number of rotatable bonds is 4. The summed E-state index contributed by atoms with van der Waals surface area (Å²) in [6.07, 6.45) is 1.30. The van der Waals surface area contributed by atoms with Crippen LogP contribution in [0.3, 0.4) is 0 Å². The van der Waals surface area contributed by atoms with Crippen LogP contribution >= 0.6 is 0 Å². The third-order valence-electron chi connectivity index (χ3n) is 2.07. The Labute approximate surface area is 98.0 Å². The number of carbonyl (C=O) groups excluding carboxylic acids is 2. The molecule has 0 aromatic carbocycles. The molecule has 1 atom stereocenters. The normalized spacial score (nSPS) is 11.9. The number of aromatic nitrogens is 3. The Kier molecular flexibility index (Phi) is 4.58. The van der Waals surface area contributed by atoms with Gasteiger partial charge in [-0.1, -0.05) is 12.1 Å². The summed E-state index contributed by atoms with van der Waals surface area (Å²) >= 11 is 0. The molecule has 1 heterocycles. The molecule has 1 rings (SSSR count). The molecule has 1 aromatic heterocycles. The van der Waals surface area contributed by atoms with Crippen LogP contribution in [0.25, 0.3) is 0 Å². The van der Waals surface area contributed by atoms with Gasteiger partial charge in [-0.2, -0.15) is 0 Å². The fourth-order valence-electron chi connectivity index (χ4n) is 1.13. The molecule has 17 heavy (non-hydrogen) atoms. The molecule has 0 aliphatic heterocycles. The number of urea groups is 1. The Balaban J connectivity index is 2.54. The molecule has 0 radical (unpaired) electrons. The first kappa shape index (κ1) is 13.1. The summed E-state index contributed by atoms with van der Waals surface area (Å²) in [6, 6.07) is -0.580. The van der Waals surface area contributed by atoms with Crippen LogP contribution in [-0.4, -0.2) is 39.1 Å². The first-order valence-electron chi connectivity index (χ1n) is 5.16. The Bertz CT molecular complexity index is 403. The lowest BCUT2D eigenvalue weighted by molar-refractivity contribution is -0.120. The number of hydrogen-bond acceptors (Lipinski definition) is 5. The van der Waals surface area contributed by atoms with E-state index in [-0.39, 0.29) is 6.54 Å². The molecule has 3 N–H and O–H groups in total. The number of aliphatic hydroxyl groups is 1. The van der Waals surface area contributed by atoms with Gasteiger partial charge in [0.05, 0.1) is 12.3 Å². The molecule has 0 bridgehead atoms. The van der Waals surface area contributed by atoms with Gasteiger partial charge in [-0.25, -0.2) is 9.48 Å². The quantitative estimate of drug-likeness (QED) is 0.638. The van der Waals surface area contributed by atoms with Crippen LogP contribution < -0.4 is 10.6 Å². The van der Waals surface area contributed by atoms with Crippen LogP contribution in [0.5, 0.6) is 0 Å². The van der Waals surface area contributed by atoms with Crippen LogP contribution in [0.15, 0.2) is 6.20 Å². The summed E-state index contributed by atoms with van der Waals surface area (Å²) in [5.74, 6) is -0.508. The highest BCUT2D eigenvalue weighted by Crippen LogP contribution is 2.11. The average molecular weight is 241 g/mol. The predicted molar refractivity (Wildman–Crippen MR) is 57.9 cm³/mol. The molecule has 8 heteroatoms. The molecule has 0 aliphatic rings. The Morgan fingerprint density at radius 3 is 2.88 bits per heavy atom. The molecule has 3 amide bonds. The summed E-state index contributed by atoms with van der Waals surface area (Å²) in [5, 5.41) is 21.2. The number of amides is 3. The summed E-state index contributed by atoms with van der Waals surface area (Å²) in [5.41, 5.74) is 0.403. The third kappa shape index (κ3) is 3.83. The van der Waals surface area contributed by atoms with Crippen LogP contribution in [0, 0.1) is 0 Å². The zero-order valence-corrected chi connectivity index (χ0v) is 9.67. The number of carbonyl (C=O) groups is 2. The topological polar surface area (TPSA) is 109 Å². The van der Waals surface area contributed by atoms with Crippen molar-refractivity contribution in [2.75, 3.05) is 7.05 Å². The van der Waals surface area contributed by atoms with Crippen molar-refractivity contribution in [2.45, 2.75) is 26.0 Å². The summed E-state index contributed by atoms with van der Waals surface area (Å²) in [6.45, 7) is 1.68. The van der Waals surface area contributed by atoms with E-state index in [1.54, 1.807) is 0 Å². The maximum Gasteiger partial charge on any atom is 0.321 e. The SMILES string of the molecule is CCC(O)c1cn(CC(=O)NC(=O)NC)nn1. The van der Waals surface area contributed by atoms with E-state index >= 15 is 0 Å². The maximum absolute atomic E-state index is 11.3. The van der Waals surface area contributed by atoms with Crippen molar-refractivity contribution in [2.24, 2.45) is 0 Å². The van der Waals surface area contributed by atoms with E-state index in [2.05, 4.69) is 20.9 Å². The van der Waals surface area contributed by atoms with Gasteiger partial charge in [0.15, 0.2) is 0 Å². The number of nitrogens with one attached hydrogen (secondary N) is 2. The van der Waals surface area contributed by atoms with Crippen molar-refractivity contribution >= 4 is 11.9 Å². The minimum Gasteiger partial charge on any atom is -0.387 e. The predicted octanol–water partition coefficient (Wildman–Crippen LogP) is -0.823. The lowest BCUT2D eigenvalue weighted by Gasteiger charge is -2.02. The van der Waals surface area contributed by atoms with Crippen LogP contribution in [0.2, 0.25) is 0 Å². The molecule has 0 saturated heterocycles. The van der Waals surface area contributed by atoms with Crippen molar-refractivity contribution < 1.29 is 14.7 Å². The maximum atomic E-state index is 11.3. The monoisotopic (exact) mass is 241 g/mol. The molecule has 0 aliphatic carbocycles. The second-order valence-corrected chi connectivity index (χ2v) is 3.39. The summed E-state index contributed by atoms with van der Waals surface area (Å²) < 4.78 is 1.26. The van der Waals surface area contributed by atoms with E-state index in [4.69, 9.17) is 0 Å².